The van der Waals surface area contributed by atoms with Crippen molar-refractivity contribution in [3.05, 3.63) is 0 Å². The maximum Gasteiger partial charge on any atom is 0 e. The molecule has 0 saturated heterocycles. The average Bonchev–Trinajstić information content (AvgIpc) is 0.722. The molecule has 0 fully saturated rings. The van der Waals surface area contributed by atoms with E-state index in [2.05, 4.69) is 0 Å². The molecule has 0 amide bonds. The van der Waals surface area contributed by atoms with E-state index in [0.717, 1.165) is 0 Å². The van der Waals surface area contributed by atoms with Crippen LogP contribution in [0.15, 0.2) is 0 Å². The van der Waals surface area contributed by atoms with E-state index in [9.17, 15) is 11.5 Å². The molecular weight excluding hydrogens is 253 g/mol. The van der Waals surface area contributed by atoms with Crippen LogP contribution in [0.3, 0.4) is 0 Å². The maximum absolute atomic E-state index is 9.90. The molecule has 0 radical (unpaired) electrons. The van der Waals surface area contributed by atoms with Crippen molar-refractivity contribution in [3.63, 3.8) is 0 Å². The topological polar surface area (TPSA) is 0 Å². The molecule has 0 unspecified atom stereocenters. The molecule has 0 aromatic rings. The third-order valence-electron chi connectivity index (χ3n) is 0. The van der Waals surface area contributed by atoms with Crippen molar-refractivity contribution in [2.45, 2.75) is 0 Å². The third-order valence-corrected chi connectivity index (χ3v) is 0. The van der Waals surface area contributed by atoms with Crippen molar-refractivity contribution in [1.29, 1.82) is 0 Å². The van der Waals surface area contributed by atoms with E-state index in [-0.39, 0.29) is 16.5 Å². The molecule has 0 saturated carbocycles. The minimum absolute atomic E-state index is 0. The Morgan fingerprint density at radius 1 is 0.833 bits per heavy atom. The molecule has 0 spiro atoms. The van der Waals surface area contributed by atoms with Crippen LogP contribution < -0.4 is 0 Å². The molecule has 6 heteroatoms. The Bertz CT molecular complexity index is 23.0. The van der Waals surface area contributed by atoms with Gasteiger partial charge in [0.15, 0.2) is 0 Å². The van der Waals surface area contributed by atoms with Crippen LogP contribution in [0.5, 0.6) is 0 Å². The monoisotopic (exact) mass is 254 g/mol. The Kier molecular flexibility index (Phi) is 5.17. The van der Waals surface area contributed by atoms with E-state index in [0.29, 0.717) is 0 Å². The van der Waals surface area contributed by atoms with Gasteiger partial charge in [-0.05, 0) is 0 Å². The van der Waals surface area contributed by atoms with Gasteiger partial charge in [-0.2, -0.15) is 0 Å². The Labute approximate surface area is 48.8 Å². The second kappa shape index (κ2) is 3.07. The molecule has 0 aromatic heterocycles. The van der Waals surface area contributed by atoms with E-state index in [1.807, 2.05) is 0 Å². The number of hydrogen-bond acceptors (Lipinski definition) is 0. The summed E-state index contributed by atoms with van der Waals surface area (Å²) in [6.45, 7) is 0. The van der Waals surface area contributed by atoms with E-state index in [4.69, 9.17) is 0 Å². The normalized spacial score (nSPS) is 10.0. The van der Waals surface area contributed by atoms with Crippen LogP contribution in [-0.2, 0) is 16.5 Å². The first kappa shape index (κ1) is 10.1. The fraction of sp³-hybridized carbons (Fsp3) is 0. The number of halogens is 4. The molecule has 0 heterocycles. The number of hydrogen-bond donors (Lipinski definition) is 0. The fourth-order valence-corrected chi connectivity index (χ4v) is 0. The van der Waals surface area contributed by atoms with Gasteiger partial charge in [0.1, 0.15) is 0 Å². The Hall–Kier alpha value is 1.01. The van der Waals surface area contributed by atoms with Gasteiger partial charge in [0.2, 0.25) is 0 Å². The summed E-state index contributed by atoms with van der Waals surface area (Å²) in [7, 11) is 0. The second-order valence-electron chi connectivity index (χ2n) is 0.429. The molecule has 0 nitrogen and oxygen atoms in total. The Balaban J connectivity index is 0. The maximum atomic E-state index is 9.90. The minimum Gasteiger partial charge on any atom is 0 e. The Morgan fingerprint density at radius 3 is 0.833 bits per heavy atom. The van der Waals surface area contributed by atoms with Crippen LogP contribution in [-0.4, -0.2) is 20.7 Å². The first-order valence-electron chi connectivity index (χ1n) is 0.756. The van der Waals surface area contributed by atoms with Crippen molar-refractivity contribution in [1.82, 2.24) is 0 Å². The average molecular weight is 253 g/mol. The van der Waals surface area contributed by atoms with Crippen LogP contribution in [0, 0.1) is 0 Å². The van der Waals surface area contributed by atoms with Gasteiger partial charge >= 0.3 is 32.1 Å². The molecule has 0 aromatic carbocycles. The zero-order valence-corrected chi connectivity index (χ0v) is 6.17. The smallest absolute Gasteiger partial charge is 0 e. The van der Waals surface area contributed by atoms with Crippen molar-refractivity contribution >= 4 is 20.7 Å². The van der Waals surface area contributed by atoms with Crippen molar-refractivity contribution in [2.75, 3.05) is 0 Å². The van der Waals surface area contributed by atoms with Gasteiger partial charge in [0, 0.05) is 16.5 Å². The predicted octanol–water partition coefficient (Wildman–Crippen LogP) is 1.30. The first-order chi connectivity index (χ1) is 2.00. The molecule has 42 valence electrons. The molecule has 0 bridgehead atoms. The molecule has 0 aliphatic rings. The summed E-state index contributed by atoms with van der Waals surface area (Å²) in [6.07, 6.45) is 0. The quantitative estimate of drug-likeness (QED) is 0.451. The van der Waals surface area contributed by atoms with Crippen LogP contribution in [0.2, 0.25) is 0 Å². The first-order valence-corrected chi connectivity index (χ1v) is 5.07. The van der Waals surface area contributed by atoms with Crippen molar-refractivity contribution in [2.24, 2.45) is 0 Å². The largest absolute Gasteiger partial charge is 0 e. The summed E-state index contributed by atoms with van der Waals surface area (Å²) in [6, 6.07) is 0. The summed E-state index contributed by atoms with van der Waals surface area (Å²) in [4.78, 5) is 0. The van der Waals surface area contributed by atoms with Gasteiger partial charge in [0.05, 0.1) is 0 Å². The zero-order valence-electron chi connectivity index (χ0n) is 2.33. The summed E-state index contributed by atoms with van der Waals surface area (Å²) in [5.41, 5.74) is 0. The molecule has 0 aliphatic heterocycles. The number of rotatable bonds is 0. The Morgan fingerprint density at radius 2 is 0.833 bits per heavy atom. The molecule has 0 aliphatic carbocycles. The molecule has 6 heavy (non-hydrogen) atoms. The summed E-state index contributed by atoms with van der Waals surface area (Å²) in [5.74, 6) is 0. The zero-order chi connectivity index (χ0) is 4.50. The van der Waals surface area contributed by atoms with E-state index in [1.165, 1.54) is 0 Å². The van der Waals surface area contributed by atoms with E-state index >= 15 is 0 Å². The van der Waals surface area contributed by atoms with Crippen molar-refractivity contribution < 1.29 is 28.0 Å². The van der Waals surface area contributed by atoms with Gasteiger partial charge in [-0.15, -0.1) is 0 Å². The summed E-state index contributed by atoms with van der Waals surface area (Å²) >= 11 is -7.18. The van der Waals surface area contributed by atoms with Crippen LogP contribution in [0.4, 0.5) is 11.5 Å². The third kappa shape index (κ3) is 78.8. The molecule has 0 atom stereocenters. The van der Waals surface area contributed by atoms with Gasteiger partial charge in [-0.3, -0.25) is 0 Å². The van der Waals surface area contributed by atoms with Gasteiger partial charge in [-0.1, -0.05) is 0 Å². The van der Waals surface area contributed by atoms with Gasteiger partial charge in [0.25, 0.3) is 0 Å². The molecule has 0 N–H and O–H groups in total. The SMILES string of the molecule is [F][Sn]([F])([F])[F].[Ni]. The molecular formula is F4NiSn. The summed E-state index contributed by atoms with van der Waals surface area (Å²) < 4.78 is 39.6. The van der Waals surface area contributed by atoms with E-state index < -0.39 is 20.7 Å². The molecule has 0 rings (SSSR count). The predicted molar refractivity (Wildman–Crippen MR) is 10.2 cm³/mol. The van der Waals surface area contributed by atoms with Crippen LogP contribution >= 0.6 is 0 Å². The van der Waals surface area contributed by atoms with Gasteiger partial charge in [-0.25, -0.2) is 0 Å². The van der Waals surface area contributed by atoms with Gasteiger partial charge < -0.3 is 0 Å². The van der Waals surface area contributed by atoms with E-state index in [1.54, 1.807) is 0 Å². The standard InChI is InChI=1S/4FH.Ni.Sn/h4*1H;;/q;;;;;+4/p-4. The fourth-order valence-electron chi connectivity index (χ4n) is 0. The van der Waals surface area contributed by atoms with Crippen LogP contribution in [0.1, 0.15) is 0 Å². The minimum atomic E-state index is -7.18. The second-order valence-corrected chi connectivity index (χ2v) is 2.87. The van der Waals surface area contributed by atoms with Crippen LogP contribution in [0.25, 0.3) is 0 Å². The summed E-state index contributed by atoms with van der Waals surface area (Å²) in [5, 5.41) is 0. The van der Waals surface area contributed by atoms with Crippen molar-refractivity contribution in [3.8, 4) is 0 Å².